The summed E-state index contributed by atoms with van der Waals surface area (Å²) in [4.78, 5) is 24.1. The molecule has 0 spiro atoms. The van der Waals surface area contributed by atoms with Crippen molar-refractivity contribution in [3.05, 3.63) is 84.0 Å². The van der Waals surface area contributed by atoms with Crippen LogP contribution in [-0.4, -0.2) is 17.0 Å². The van der Waals surface area contributed by atoms with E-state index in [1.54, 1.807) is 60.7 Å². The molecule has 1 aliphatic rings. The molecule has 5 N–H and O–H groups in total. The van der Waals surface area contributed by atoms with Gasteiger partial charge in [-0.05, 0) is 24.3 Å². The van der Waals surface area contributed by atoms with Crippen LogP contribution in [0.25, 0.3) is 0 Å². The summed E-state index contributed by atoms with van der Waals surface area (Å²) in [6.45, 7) is 0. The number of nitrogens with two attached hydrogens (primary N) is 2. The average Bonchev–Trinajstić information content (AvgIpc) is 2.62. The molecule has 2 atom stereocenters. The third kappa shape index (κ3) is 3.22. The molecule has 0 saturated heterocycles. The molecule has 26 heavy (non-hydrogen) atoms. The number of esters is 1. The molecular formula is C20H18N2O4. The molecule has 0 heterocycles. The SMILES string of the molecule is Nc1cccc(C(=O)Oc2ccccc2C2(N)C=CC=CC2C(=O)O)c1. The predicted molar refractivity (Wildman–Crippen MR) is 97.5 cm³/mol. The van der Waals surface area contributed by atoms with Crippen LogP contribution in [0.1, 0.15) is 15.9 Å². The van der Waals surface area contributed by atoms with Gasteiger partial charge in [0.05, 0.1) is 11.1 Å². The van der Waals surface area contributed by atoms with E-state index in [0.29, 0.717) is 16.8 Å². The van der Waals surface area contributed by atoms with Crippen molar-refractivity contribution < 1.29 is 19.4 Å². The summed E-state index contributed by atoms with van der Waals surface area (Å²) in [5.74, 6) is -2.45. The number of hydrogen-bond donors (Lipinski definition) is 3. The number of benzene rings is 2. The second-order valence-corrected chi connectivity index (χ2v) is 6.00. The molecule has 0 bridgehead atoms. The molecule has 2 aromatic carbocycles. The summed E-state index contributed by atoms with van der Waals surface area (Å²) in [7, 11) is 0. The number of carbonyl (C=O) groups is 2. The van der Waals surface area contributed by atoms with Gasteiger partial charge in [0, 0.05) is 11.3 Å². The second-order valence-electron chi connectivity index (χ2n) is 6.00. The van der Waals surface area contributed by atoms with Crippen molar-refractivity contribution >= 4 is 17.6 Å². The van der Waals surface area contributed by atoms with Crippen molar-refractivity contribution in [1.29, 1.82) is 0 Å². The lowest BCUT2D eigenvalue weighted by Crippen LogP contribution is -2.46. The topological polar surface area (TPSA) is 116 Å². The van der Waals surface area contributed by atoms with E-state index < -0.39 is 23.4 Å². The standard InChI is InChI=1S/C20H18N2O4/c21-14-7-5-6-13(12-14)19(25)26-17-10-2-1-8-15(17)20(22)11-4-3-9-16(20)18(23)24/h1-12,16H,21-22H2,(H,23,24). The van der Waals surface area contributed by atoms with E-state index in [1.807, 2.05) is 0 Å². The number of ether oxygens (including phenoxy) is 1. The summed E-state index contributed by atoms with van der Waals surface area (Å²) in [6.07, 6.45) is 6.42. The quantitative estimate of drug-likeness (QED) is 0.443. The van der Waals surface area contributed by atoms with Gasteiger partial charge >= 0.3 is 11.9 Å². The Bertz CT molecular complexity index is 920. The van der Waals surface area contributed by atoms with Crippen molar-refractivity contribution in [2.75, 3.05) is 5.73 Å². The molecule has 0 saturated carbocycles. The van der Waals surface area contributed by atoms with Crippen LogP contribution in [0.15, 0.2) is 72.8 Å². The minimum Gasteiger partial charge on any atom is -0.481 e. The van der Waals surface area contributed by atoms with Crippen molar-refractivity contribution in [1.82, 2.24) is 0 Å². The number of rotatable bonds is 4. The van der Waals surface area contributed by atoms with E-state index in [4.69, 9.17) is 16.2 Å². The van der Waals surface area contributed by atoms with Gasteiger partial charge in [-0.3, -0.25) is 4.79 Å². The lowest BCUT2D eigenvalue weighted by Gasteiger charge is -2.33. The second kappa shape index (κ2) is 6.85. The van der Waals surface area contributed by atoms with Gasteiger partial charge < -0.3 is 21.3 Å². The number of allylic oxidation sites excluding steroid dienone is 2. The van der Waals surface area contributed by atoms with Crippen LogP contribution in [0, 0.1) is 5.92 Å². The number of nitrogen functional groups attached to an aromatic ring is 1. The third-order valence-corrected chi connectivity index (χ3v) is 4.25. The Hall–Kier alpha value is -3.38. The van der Waals surface area contributed by atoms with Gasteiger partial charge in [-0.1, -0.05) is 48.6 Å². The van der Waals surface area contributed by atoms with Gasteiger partial charge in [-0.25, -0.2) is 4.79 Å². The predicted octanol–water partition coefficient (Wildman–Crippen LogP) is 2.47. The fourth-order valence-corrected chi connectivity index (χ4v) is 2.93. The molecule has 3 rings (SSSR count). The largest absolute Gasteiger partial charge is 0.481 e. The first-order valence-corrected chi connectivity index (χ1v) is 7.97. The number of anilines is 1. The highest BCUT2D eigenvalue weighted by Crippen LogP contribution is 2.38. The number of carbonyl (C=O) groups excluding carboxylic acids is 1. The Morgan fingerprint density at radius 2 is 1.85 bits per heavy atom. The number of hydrogen-bond acceptors (Lipinski definition) is 5. The van der Waals surface area contributed by atoms with Gasteiger partial charge in [0.25, 0.3) is 0 Å². The smallest absolute Gasteiger partial charge is 0.343 e. The Kier molecular flexibility index (Phi) is 4.60. The molecule has 6 heteroatoms. The number of carboxylic acid groups (broad SMARTS) is 1. The number of carboxylic acids is 1. The molecule has 0 aromatic heterocycles. The van der Waals surface area contributed by atoms with Gasteiger partial charge in [0.1, 0.15) is 11.7 Å². The molecule has 0 aliphatic heterocycles. The summed E-state index contributed by atoms with van der Waals surface area (Å²) < 4.78 is 5.51. The van der Waals surface area contributed by atoms with E-state index in [-0.39, 0.29) is 5.75 Å². The van der Waals surface area contributed by atoms with Crippen molar-refractivity contribution in [3.63, 3.8) is 0 Å². The fourth-order valence-electron chi connectivity index (χ4n) is 2.93. The van der Waals surface area contributed by atoms with Crippen molar-refractivity contribution in [3.8, 4) is 5.75 Å². The summed E-state index contributed by atoms with van der Waals surface area (Å²) in [5.41, 5.74) is 11.9. The first-order valence-electron chi connectivity index (χ1n) is 7.97. The Morgan fingerprint density at radius 3 is 2.58 bits per heavy atom. The van der Waals surface area contributed by atoms with Gasteiger partial charge in [-0.2, -0.15) is 0 Å². The van der Waals surface area contributed by atoms with Crippen LogP contribution in [0.5, 0.6) is 5.75 Å². The van der Waals surface area contributed by atoms with Crippen LogP contribution in [0.2, 0.25) is 0 Å². The minimum atomic E-state index is -1.34. The first kappa shape index (κ1) is 17.4. The lowest BCUT2D eigenvalue weighted by atomic mass is 9.76. The zero-order valence-corrected chi connectivity index (χ0v) is 13.8. The molecule has 0 fully saturated rings. The maximum atomic E-state index is 12.5. The van der Waals surface area contributed by atoms with Crippen LogP contribution < -0.4 is 16.2 Å². The van der Waals surface area contributed by atoms with E-state index >= 15 is 0 Å². The van der Waals surface area contributed by atoms with Crippen LogP contribution in [0.4, 0.5) is 5.69 Å². The van der Waals surface area contributed by atoms with Gasteiger partial charge in [0.15, 0.2) is 0 Å². The molecule has 2 unspecified atom stereocenters. The number of para-hydroxylation sites is 1. The summed E-state index contributed by atoms with van der Waals surface area (Å²) >= 11 is 0. The Balaban J connectivity index is 1.98. The van der Waals surface area contributed by atoms with Crippen LogP contribution >= 0.6 is 0 Å². The Morgan fingerprint density at radius 1 is 1.08 bits per heavy atom. The number of aliphatic carboxylic acids is 1. The van der Waals surface area contributed by atoms with Crippen molar-refractivity contribution in [2.45, 2.75) is 5.54 Å². The van der Waals surface area contributed by atoms with Gasteiger partial charge in [-0.15, -0.1) is 0 Å². The summed E-state index contributed by atoms with van der Waals surface area (Å²) in [5, 5.41) is 9.53. The zero-order chi connectivity index (χ0) is 18.7. The third-order valence-electron chi connectivity index (χ3n) is 4.25. The first-order chi connectivity index (χ1) is 12.4. The molecular weight excluding hydrogens is 332 g/mol. The molecule has 132 valence electrons. The monoisotopic (exact) mass is 350 g/mol. The molecule has 6 nitrogen and oxygen atoms in total. The highest BCUT2D eigenvalue weighted by molar-refractivity contribution is 5.92. The van der Waals surface area contributed by atoms with Gasteiger partial charge in [0.2, 0.25) is 0 Å². The normalized spacial score (nSPS) is 21.3. The fraction of sp³-hybridized carbons (Fsp3) is 0.100. The minimum absolute atomic E-state index is 0.202. The average molecular weight is 350 g/mol. The molecule has 0 radical (unpaired) electrons. The van der Waals surface area contributed by atoms with E-state index in [0.717, 1.165) is 0 Å². The maximum Gasteiger partial charge on any atom is 0.343 e. The lowest BCUT2D eigenvalue weighted by molar-refractivity contribution is -0.141. The molecule has 2 aromatic rings. The van der Waals surface area contributed by atoms with E-state index in [1.165, 1.54) is 12.1 Å². The van der Waals surface area contributed by atoms with Crippen LogP contribution in [0.3, 0.4) is 0 Å². The van der Waals surface area contributed by atoms with E-state index in [9.17, 15) is 14.7 Å². The molecule has 0 amide bonds. The highest BCUT2D eigenvalue weighted by atomic mass is 16.5. The van der Waals surface area contributed by atoms with Crippen molar-refractivity contribution in [2.24, 2.45) is 11.7 Å². The zero-order valence-electron chi connectivity index (χ0n) is 13.8. The highest BCUT2D eigenvalue weighted by Gasteiger charge is 2.41. The summed E-state index contributed by atoms with van der Waals surface area (Å²) in [6, 6.07) is 13.0. The maximum absolute atomic E-state index is 12.5. The molecule has 1 aliphatic carbocycles. The Labute approximate surface area is 150 Å². The van der Waals surface area contributed by atoms with E-state index in [2.05, 4.69) is 0 Å². The van der Waals surface area contributed by atoms with Crippen LogP contribution in [-0.2, 0) is 10.3 Å².